The quantitative estimate of drug-likeness (QED) is 0.652. The van der Waals surface area contributed by atoms with Crippen molar-refractivity contribution in [1.82, 2.24) is 0 Å². The van der Waals surface area contributed by atoms with Gasteiger partial charge in [0.25, 0.3) is 5.91 Å². The molecule has 2 aromatic carbocycles. The minimum absolute atomic E-state index is 0.0502. The Hall–Kier alpha value is -2.23. The molecule has 0 saturated carbocycles. The summed E-state index contributed by atoms with van der Waals surface area (Å²) in [6.45, 7) is -0.216. The summed E-state index contributed by atoms with van der Waals surface area (Å²) in [7, 11) is 0.786. The highest BCUT2D eigenvalue weighted by Crippen LogP contribution is 2.41. The molecule has 2 atom stereocenters. The van der Waals surface area contributed by atoms with E-state index in [1.807, 2.05) is 48.2 Å². The summed E-state index contributed by atoms with van der Waals surface area (Å²) in [5, 5.41) is 0.938. The van der Waals surface area contributed by atoms with Gasteiger partial charge in [0.05, 0.1) is 17.5 Å². The smallest absolute Gasteiger partial charge is 0.285 e. The molecule has 4 rings (SSSR count). The maximum atomic E-state index is 12.5. The van der Waals surface area contributed by atoms with E-state index in [1.54, 1.807) is 24.3 Å². The van der Waals surface area contributed by atoms with E-state index in [-0.39, 0.29) is 29.4 Å². The van der Waals surface area contributed by atoms with Crippen LogP contribution >= 0.6 is 23.4 Å². The lowest BCUT2D eigenvalue weighted by molar-refractivity contribution is -0.119. The molecule has 1 amide bonds. The number of rotatable bonds is 5. The number of fused-ring (bicyclic) bond motifs is 1. The van der Waals surface area contributed by atoms with Crippen LogP contribution in [0.1, 0.15) is 0 Å². The zero-order valence-electron chi connectivity index (χ0n) is 17.1. The van der Waals surface area contributed by atoms with Crippen molar-refractivity contribution in [3.05, 3.63) is 53.6 Å². The molecule has 2 heterocycles. The van der Waals surface area contributed by atoms with Crippen molar-refractivity contribution in [2.45, 2.75) is 11.3 Å². The average molecular weight is 480 g/mol. The second-order valence-electron chi connectivity index (χ2n) is 7.61. The Morgan fingerprint density at radius 3 is 2.48 bits per heavy atom. The fourth-order valence-corrected chi connectivity index (χ4v) is 7.65. The number of thioether (sulfide) groups is 1. The highest BCUT2D eigenvalue weighted by Gasteiger charge is 2.49. The highest BCUT2D eigenvalue weighted by molar-refractivity contribution is 8.16. The first-order valence-electron chi connectivity index (χ1n) is 9.65. The van der Waals surface area contributed by atoms with Crippen LogP contribution in [0.5, 0.6) is 5.75 Å². The number of halogens is 1. The maximum Gasteiger partial charge on any atom is 0.285 e. The number of carbonyl (C=O) groups excluding carboxylic acids is 1. The van der Waals surface area contributed by atoms with Crippen LogP contribution in [0, 0.1) is 0 Å². The van der Waals surface area contributed by atoms with E-state index in [0.717, 1.165) is 11.4 Å². The van der Waals surface area contributed by atoms with Crippen LogP contribution in [0.3, 0.4) is 0 Å². The Kier molecular flexibility index (Phi) is 6.18. The van der Waals surface area contributed by atoms with Gasteiger partial charge in [-0.3, -0.25) is 4.79 Å². The van der Waals surface area contributed by atoms with Crippen LogP contribution in [-0.4, -0.2) is 63.0 Å². The predicted octanol–water partition coefficient (Wildman–Crippen LogP) is 3.09. The zero-order chi connectivity index (χ0) is 22.2. The third-order valence-corrected chi connectivity index (χ3v) is 8.57. The summed E-state index contributed by atoms with van der Waals surface area (Å²) in [4.78, 5) is 20.6. The Labute approximate surface area is 191 Å². The molecule has 2 fully saturated rings. The molecular weight excluding hydrogens is 458 g/mol. The van der Waals surface area contributed by atoms with Crippen molar-refractivity contribution in [1.29, 1.82) is 0 Å². The van der Waals surface area contributed by atoms with E-state index in [0.29, 0.717) is 15.9 Å². The molecule has 10 heteroatoms. The van der Waals surface area contributed by atoms with E-state index in [2.05, 4.69) is 4.99 Å². The summed E-state index contributed by atoms with van der Waals surface area (Å²) in [6, 6.07) is 14.2. The molecule has 0 radical (unpaired) electrons. The van der Waals surface area contributed by atoms with Gasteiger partial charge in [0.1, 0.15) is 5.75 Å². The van der Waals surface area contributed by atoms with Crippen molar-refractivity contribution in [3.63, 3.8) is 0 Å². The van der Waals surface area contributed by atoms with Gasteiger partial charge < -0.3 is 14.5 Å². The Morgan fingerprint density at radius 1 is 1.16 bits per heavy atom. The summed E-state index contributed by atoms with van der Waals surface area (Å²) in [5.41, 5.74) is 1.84. The van der Waals surface area contributed by atoms with Crippen LogP contribution in [0.4, 0.5) is 11.4 Å². The Balaban J connectivity index is 1.55. The van der Waals surface area contributed by atoms with Crippen molar-refractivity contribution >= 4 is 55.6 Å². The molecule has 164 valence electrons. The second-order valence-corrected chi connectivity index (χ2v) is 11.4. The predicted molar refractivity (Wildman–Crippen MR) is 126 cm³/mol. The normalized spacial score (nSPS) is 23.1. The molecule has 0 aromatic heterocycles. The number of benzene rings is 2. The van der Waals surface area contributed by atoms with Crippen LogP contribution in [0.2, 0.25) is 5.02 Å². The molecule has 2 saturated heterocycles. The minimum atomic E-state index is -3.12. The van der Waals surface area contributed by atoms with Crippen LogP contribution in [-0.2, 0) is 14.6 Å². The highest BCUT2D eigenvalue weighted by atomic mass is 35.5. The van der Waals surface area contributed by atoms with Gasteiger partial charge in [0, 0.05) is 35.7 Å². The van der Waals surface area contributed by atoms with E-state index < -0.39 is 15.7 Å². The Bertz CT molecular complexity index is 1100. The number of nitrogens with zero attached hydrogens (tertiary/aromatic N) is 3. The molecule has 0 N–H and O–H groups in total. The molecule has 0 unspecified atom stereocenters. The number of amides is 1. The first-order valence-corrected chi connectivity index (χ1v) is 12.7. The van der Waals surface area contributed by atoms with Gasteiger partial charge >= 0.3 is 0 Å². The zero-order valence-corrected chi connectivity index (χ0v) is 19.5. The van der Waals surface area contributed by atoms with Crippen LogP contribution in [0.25, 0.3) is 0 Å². The Morgan fingerprint density at radius 2 is 1.84 bits per heavy atom. The van der Waals surface area contributed by atoms with Crippen LogP contribution in [0.15, 0.2) is 53.5 Å². The van der Waals surface area contributed by atoms with Gasteiger partial charge in [-0.15, -0.1) is 0 Å². The van der Waals surface area contributed by atoms with Crippen molar-refractivity contribution in [3.8, 4) is 5.75 Å². The number of hydrogen-bond acceptors (Lipinski definition) is 6. The van der Waals surface area contributed by atoms with Gasteiger partial charge in [-0.25, -0.2) is 8.42 Å². The molecule has 2 aliphatic rings. The molecule has 31 heavy (non-hydrogen) atoms. The van der Waals surface area contributed by atoms with Crippen molar-refractivity contribution < 1.29 is 17.9 Å². The standard InChI is InChI=1S/C21H22ClN3O4S2/c1-24(2)15-5-7-16(8-6-15)25-18-12-31(27,28)13-19(18)30-21(25)23-20(26)11-29-17-9-3-14(22)4-10-17/h3-10,18-19H,11-13H2,1-2H3/t18-,19+/m1/s1. The van der Waals surface area contributed by atoms with E-state index >= 15 is 0 Å². The first kappa shape index (κ1) is 22.0. The molecule has 0 aliphatic carbocycles. The molecular formula is C21H22ClN3O4S2. The fourth-order valence-electron chi connectivity index (χ4n) is 3.59. The molecule has 2 aromatic rings. The lowest BCUT2D eigenvalue weighted by Gasteiger charge is -2.25. The minimum Gasteiger partial charge on any atom is -0.484 e. The van der Waals surface area contributed by atoms with Gasteiger partial charge in [-0.2, -0.15) is 4.99 Å². The molecule has 2 aliphatic heterocycles. The number of sulfone groups is 1. The monoisotopic (exact) mass is 479 g/mol. The summed E-state index contributed by atoms with van der Waals surface area (Å²) in [5.74, 6) is 0.226. The summed E-state index contributed by atoms with van der Waals surface area (Å²) >= 11 is 7.20. The molecule has 0 spiro atoms. The average Bonchev–Trinajstić information content (AvgIpc) is 3.18. The number of carbonyl (C=O) groups is 1. The number of hydrogen-bond donors (Lipinski definition) is 0. The van der Waals surface area contributed by atoms with E-state index in [1.165, 1.54) is 11.8 Å². The third-order valence-electron chi connectivity index (χ3n) is 5.11. The summed E-state index contributed by atoms with van der Waals surface area (Å²) < 4.78 is 29.9. The van der Waals surface area contributed by atoms with E-state index in [9.17, 15) is 13.2 Å². The summed E-state index contributed by atoms with van der Waals surface area (Å²) in [6.07, 6.45) is 0. The lowest BCUT2D eigenvalue weighted by atomic mass is 10.2. The molecule has 0 bridgehead atoms. The number of amidine groups is 1. The van der Waals surface area contributed by atoms with Gasteiger partial charge in [0.2, 0.25) is 0 Å². The number of ether oxygens (including phenoxy) is 1. The van der Waals surface area contributed by atoms with E-state index in [4.69, 9.17) is 16.3 Å². The largest absolute Gasteiger partial charge is 0.484 e. The molecule has 7 nitrogen and oxygen atoms in total. The second kappa shape index (κ2) is 8.72. The van der Waals surface area contributed by atoms with Crippen molar-refractivity contribution in [2.75, 3.05) is 42.0 Å². The fraction of sp³-hybridized carbons (Fsp3) is 0.333. The first-order chi connectivity index (χ1) is 14.7. The van der Waals surface area contributed by atoms with Gasteiger partial charge in [0.15, 0.2) is 21.6 Å². The maximum absolute atomic E-state index is 12.5. The lowest BCUT2D eigenvalue weighted by Crippen LogP contribution is -2.37. The third kappa shape index (κ3) is 4.99. The van der Waals surface area contributed by atoms with Gasteiger partial charge in [-0.1, -0.05) is 23.4 Å². The van der Waals surface area contributed by atoms with Crippen LogP contribution < -0.4 is 14.5 Å². The van der Waals surface area contributed by atoms with Crippen molar-refractivity contribution in [2.24, 2.45) is 4.99 Å². The topological polar surface area (TPSA) is 79.3 Å². The number of anilines is 2. The SMILES string of the molecule is CN(C)c1ccc(N2C(=NC(=O)COc3ccc(Cl)cc3)S[C@H]3CS(=O)(=O)C[C@H]32)cc1. The van der Waals surface area contributed by atoms with Gasteiger partial charge in [-0.05, 0) is 48.5 Å². The number of aliphatic imine (C=N–C) groups is 1.